The summed E-state index contributed by atoms with van der Waals surface area (Å²) >= 11 is 0. The number of hydrogen-bond donors (Lipinski definition) is 0. The van der Waals surface area contributed by atoms with Gasteiger partial charge in [-0.1, -0.05) is 57.2 Å². The summed E-state index contributed by atoms with van der Waals surface area (Å²) in [6.45, 7) is 11.1. The van der Waals surface area contributed by atoms with Gasteiger partial charge in [0.15, 0.2) is 0 Å². The predicted molar refractivity (Wildman–Crippen MR) is 92.4 cm³/mol. The number of rotatable bonds is 3. The molecule has 0 aliphatic carbocycles. The van der Waals surface area contributed by atoms with Gasteiger partial charge in [-0.15, -0.1) is 5.54 Å². The van der Waals surface area contributed by atoms with Gasteiger partial charge in [0.05, 0.1) is 0 Å². The Hall–Kier alpha value is -1.44. The van der Waals surface area contributed by atoms with E-state index in [1.807, 2.05) is 0 Å². The molecule has 1 heteroatoms. The van der Waals surface area contributed by atoms with Gasteiger partial charge < -0.3 is 0 Å². The summed E-state index contributed by atoms with van der Waals surface area (Å²) in [5, 5.41) is 0. The Morgan fingerprint density at radius 2 is 1.80 bits per heavy atom. The van der Waals surface area contributed by atoms with Crippen molar-refractivity contribution < 1.29 is 0 Å². The molecule has 0 aromatic heterocycles. The lowest BCUT2D eigenvalue weighted by Crippen LogP contribution is -2.16. The molecule has 0 nitrogen and oxygen atoms in total. The molecule has 1 rings (SSSR count). The highest BCUT2D eigenvalue weighted by molar-refractivity contribution is 6.83. The van der Waals surface area contributed by atoms with E-state index in [-0.39, 0.29) is 0 Å². The standard InChI is InChI=1S/C19H26Si/c1-6-7-8-9-10-11-18-12-13-19(17(2)16-18)14-15-20(3,4)5/h12-13,16H,6-9H2,1-5H3. The summed E-state index contributed by atoms with van der Waals surface area (Å²) in [5.74, 6) is 9.84. The summed E-state index contributed by atoms with van der Waals surface area (Å²) in [6, 6.07) is 6.35. The van der Waals surface area contributed by atoms with Gasteiger partial charge in [-0.2, -0.15) is 0 Å². The highest BCUT2D eigenvalue weighted by Crippen LogP contribution is 2.10. The van der Waals surface area contributed by atoms with Gasteiger partial charge in [-0.05, 0) is 37.1 Å². The Bertz CT molecular complexity index is 553. The molecule has 1 aromatic carbocycles. The van der Waals surface area contributed by atoms with E-state index in [0.717, 1.165) is 17.5 Å². The topological polar surface area (TPSA) is 0 Å². The van der Waals surface area contributed by atoms with Crippen molar-refractivity contribution in [3.63, 3.8) is 0 Å². The zero-order chi connectivity index (χ0) is 15.0. The highest BCUT2D eigenvalue weighted by Gasteiger charge is 2.07. The maximum atomic E-state index is 3.42. The van der Waals surface area contributed by atoms with Crippen molar-refractivity contribution in [3.05, 3.63) is 34.9 Å². The molecule has 0 N–H and O–H groups in total. The molecule has 106 valence electrons. The van der Waals surface area contributed by atoms with Crippen molar-refractivity contribution in [2.75, 3.05) is 0 Å². The average molecular weight is 283 g/mol. The molecule has 20 heavy (non-hydrogen) atoms. The lowest BCUT2D eigenvalue weighted by atomic mass is 10.1. The van der Waals surface area contributed by atoms with Crippen LogP contribution in [0, 0.1) is 30.2 Å². The molecule has 0 atom stereocenters. The van der Waals surface area contributed by atoms with Gasteiger partial charge in [-0.3, -0.25) is 0 Å². The van der Waals surface area contributed by atoms with Crippen molar-refractivity contribution in [1.29, 1.82) is 0 Å². The van der Waals surface area contributed by atoms with Crippen LogP contribution in [0.1, 0.15) is 49.3 Å². The van der Waals surface area contributed by atoms with E-state index in [1.165, 1.54) is 24.8 Å². The first-order chi connectivity index (χ1) is 9.42. The molecule has 0 saturated heterocycles. The number of unbranched alkanes of at least 4 members (excludes halogenated alkanes) is 3. The zero-order valence-electron chi connectivity index (χ0n) is 13.6. The van der Waals surface area contributed by atoms with Crippen LogP contribution in [0.25, 0.3) is 0 Å². The summed E-state index contributed by atoms with van der Waals surface area (Å²) in [7, 11) is -1.30. The fourth-order valence-electron chi connectivity index (χ4n) is 1.76. The second-order valence-electron chi connectivity index (χ2n) is 6.29. The van der Waals surface area contributed by atoms with E-state index >= 15 is 0 Å². The summed E-state index contributed by atoms with van der Waals surface area (Å²) < 4.78 is 0. The first kappa shape index (κ1) is 16.6. The molecule has 0 amide bonds. The van der Waals surface area contributed by atoms with Crippen LogP contribution in [0.15, 0.2) is 18.2 Å². The lowest BCUT2D eigenvalue weighted by molar-refractivity contribution is 0.737. The third-order valence-electron chi connectivity index (χ3n) is 2.94. The van der Waals surface area contributed by atoms with Gasteiger partial charge in [0.25, 0.3) is 0 Å². The van der Waals surface area contributed by atoms with Gasteiger partial charge in [0, 0.05) is 17.5 Å². The zero-order valence-corrected chi connectivity index (χ0v) is 14.6. The smallest absolute Gasteiger partial charge is 0.127 e. The van der Waals surface area contributed by atoms with Crippen LogP contribution >= 0.6 is 0 Å². The van der Waals surface area contributed by atoms with Crippen molar-refractivity contribution in [3.8, 4) is 23.3 Å². The molecular formula is C19H26Si. The van der Waals surface area contributed by atoms with Gasteiger partial charge >= 0.3 is 0 Å². The molecule has 0 fully saturated rings. The maximum absolute atomic E-state index is 3.42. The van der Waals surface area contributed by atoms with E-state index in [9.17, 15) is 0 Å². The van der Waals surface area contributed by atoms with E-state index in [4.69, 9.17) is 0 Å². The fraction of sp³-hybridized carbons (Fsp3) is 0.474. The second kappa shape index (κ2) is 7.98. The minimum Gasteiger partial charge on any atom is -0.127 e. The highest BCUT2D eigenvalue weighted by atomic mass is 28.3. The molecule has 1 aromatic rings. The molecule has 0 radical (unpaired) electrons. The predicted octanol–water partition coefficient (Wildman–Crippen LogP) is 5.16. The quantitative estimate of drug-likeness (QED) is 0.408. The van der Waals surface area contributed by atoms with Crippen LogP contribution in [0.2, 0.25) is 19.6 Å². The number of hydrogen-bond acceptors (Lipinski definition) is 0. The molecule has 0 aliphatic heterocycles. The Kier molecular flexibility index (Phi) is 6.63. The Morgan fingerprint density at radius 1 is 1.05 bits per heavy atom. The van der Waals surface area contributed by atoms with Crippen LogP contribution < -0.4 is 0 Å². The monoisotopic (exact) mass is 282 g/mol. The number of aryl methyl sites for hydroxylation is 1. The molecule has 0 heterocycles. The molecule has 0 aliphatic rings. The number of benzene rings is 1. The Labute approximate surface area is 126 Å². The molecule has 0 unspecified atom stereocenters. The SMILES string of the molecule is CCCCCC#Cc1ccc(C#C[Si](C)(C)C)c(C)c1. The summed E-state index contributed by atoms with van der Waals surface area (Å²) in [4.78, 5) is 0. The first-order valence-corrected chi connectivity index (χ1v) is 11.0. The summed E-state index contributed by atoms with van der Waals surface area (Å²) in [6.07, 6.45) is 4.75. The average Bonchev–Trinajstić information content (AvgIpc) is 2.36. The minimum atomic E-state index is -1.30. The third-order valence-corrected chi connectivity index (χ3v) is 3.81. The maximum Gasteiger partial charge on any atom is 0.129 e. The van der Waals surface area contributed by atoms with Crippen LogP contribution in [0.3, 0.4) is 0 Å². The van der Waals surface area contributed by atoms with E-state index in [0.29, 0.717) is 0 Å². The summed E-state index contributed by atoms with van der Waals surface area (Å²) in [5.41, 5.74) is 6.90. The van der Waals surface area contributed by atoms with Crippen LogP contribution in [0.5, 0.6) is 0 Å². The van der Waals surface area contributed by atoms with Crippen LogP contribution in [-0.2, 0) is 0 Å². The van der Waals surface area contributed by atoms with E-state index < -0.39 is 8.07 Å². The Morgan fingerprint density at radius 3 is 2.40 bits per heavy atom. The Balaban J connectivity index is 2.75. The van der Waals surface area contributed by atoms with Gasteiger partial charge in [0.1, 0.15) is 8.07 Å². The molecule has 0 spiro atoms. The largest absolute Gasteiger partial charge is 0.129 e. The molecule has 0 bridgehead atoms. The fourth-order valence-corrected chi connectivity index (χ4v) is 2.27. The van der Waals surface area contributed by atoms with Gasteiger partial charge in [0.2, 0.25) is 0 Å². The van der Waals surface area contributed by atoms with Crippen LogP contribution in [0.4, 0.5) is 0 Å². The van der Waals surface area contributed by atoms with Crippen molar-refractivity contribution in [2.45, 2.75) is 59.2 Å². The van der Waals surface area contributed by atoms with Gasteiger partial charge in [-0.25, -0.2) is 0 Å². The molecular weight excluding hydrogens is 256 g/mol. The van der Waals surface area contributed by atoms with E-state index in [2.05, 4.69) is 75.0 Å². The third kappa shape index (κ3) is 6.64. The van der Waals surface area contributed by atoms with E-state index in [1.54, 1.807) is 0 Å². The second-order valence-corrected chi connectivity index (χ2v) is 11.0. The normalized spacial score (nSPS) is 10.2. The van der Waals surface area contributed by atoms with Crippen molar-refractivity contribution >= 4 is 8.07 Å². The van der Waals surface area contributed by atoms with Crippen LogP contribution in [-0.4, -0.2) is 8.07 Å². The minimum absolute atomic E-state index is 1.00. The first-order valence-electron chi connectivity index (χ1n) is 7.55. The lowest BCUT2D eigenvalue weighted by Gasteiger charge is -2.04. The van der Waals surface area contributed by atoms with Crippen molar-refractivity contribution in [2.24, 2.45) is 0 Å². The van der Waals surface area contributed by atoms with Crippen molar-refractivity contribution in [1.82, 2.24) is 0 Å². The molecule has 0 saturated carbocycles.